The van der Waals surface area contributed by atoms with Gasteiger partial charge in [0.25, 0.3) is 30.4 Å². The fourth-order valence-electron chi connectivity index (χ4n) is 7.57. The molecule has 1 heterocycles. The minimum absolute atomic E-state index is 0.173. The van der Waals surface area contributed by atoms with Crippen molar-refractivity contribution in [3.63, 3.8) is 0 Å². The molecule has 0 radical (unpaired) electrons. The van der Waals surface area contributed by atoms with E-state index in [2.05, 4.69) is 5.32 Å². The Kier molecular flexibility index (Phi) is 10.3. The van der Waals surface area contributed by atoms with Crippen LogP contribution >= 0.6 is 0 Å². The van der Waals surface area contributed by atoms with Gasteiger partial charge in [-0.05, 0) is 83.0 Å². The molecule has 0 amide bonds. The lowest BCUT2D eigenvalue weighted by molar-refractivity contribution is 0.405. The number of fused-ring (bicyclic) bond motifs is 2. The standard InChI is InChI=1S/C39H38N2O12S3/c1-19-34(21(3)38(55(45,46)47)23(5)36(19)51-7)40-25-13-15-27-30(17-25)53-31-18-26(14-16-28(31)33(27)29-11-9-10-12-32(29)54(42,43)44)41-35-20(2)37(52-8)24(6)39(22(35)4)56(48,49)50/h9-18,40H,1-8H3,(H,42,43,44)(H,45,46,47)(H,48,49,50). The van der Waals surface area contributed by atoms with Gasteiger partial charge in [-0.2, -0.15) is 25.3 Å². The minimum atomic E-state index is -4.71. The Labute approximate surface area is 324 Å². The van der Waals surface area contributed by atoms with E-state index in [1.807, 2.05) is 0 Å². The molecule has 1 aliphatic carbocycles. The zero-order chi connectivity index (χ0) is 41.2. The van der Waals surface area contributed by atoms with Crippen molar-refractivity contribution in [1.82, 2.24) is 0 Å². The third kappa shape index (κ3) is 7.01. The van der Waals surface area contributed by atoms with E-state index in [9.17, 15) is 38.9 Å². The zero-order valence-corrected chi connectivity index (χ0v) is 33.9. The van der Waals surface area contributed by atoms with Gasteiger partial charge in [0.2, 0.25) is 0 Å². The van der Waals surface area contributed by atoms with E-state index >= 15 is 0 Å². The zero-order valence-electron chi connectivity index (χ0n) is 31.5. The highest BCUT2D eigenvalue weighted by Crippen LogP contribution is 2.45. The molecule has 0 unspecified atom stereocenters. The molecule has 4 aromatic carbocycles. The molecule has 1 aliphatic heterocycles. The molecule has 17 heteroatoms. The number of ether oxygens (including phenoxy) is 2. The molecule has 294 valence electrons. The van der Waals surface area contributed by atoms with Crippen LogP contribution in [0.3, 0.4) is 0 Å². The summed E-state index contributed by atoms with van der Waals surface area (Å²) in [7, 11) is -11.3. The van der Waals surface area contributed by atoms with Gasteiger partial charge < -0.3 is 19.2 Å². The number of nitrogens with zero attached hydrogens (tertiary/aromatic N) is 1. The molecule has 0 fully saturated rings. The van der Waals surface area contributed by atoms with Crippen molar-refractivity contribution in [2.75, 3.05) is 19.5 Å². The van der Waals surface area contributed by atoms with Crippen LogP contribution in [-0.4, -0.2) is 53.1 Å². The molecule has 14 nitrogen and oxygen atoms in total. The maximum Gasteiger partial charge on any atom is 0.295 e. The average molecular weight is 823 g/mol. The lowest BCUT2D eigenvalue weighted by Gasteiger charge is -2.21. The molecule has 0 spiro atoms. The first-order valence-corrected chi connectivity index (χ1v) is 21.1. The third-order valence-corrected chi connectivity index (χ3v) is 12.9. The topological polar surface area (TPSA) is 219 Å². The Balaban J connectivity index is 1.67. The second-order valence-corrected chi connectivity index (χ2v) is 17.3. The summed E-state index contributed by atoms with van der Waals surface area (Å²) >= 11 is 0. The first kappa shape index (κ1) is 40.4. The summed E-state index contributed by atoms with van der Waals surface area (Å²) in [6.07, 6.45) is 0. The lowest BCUT2D eigenvalue weighted by atomic mass is 9.93. The Hall–Kier alpha value is -5.30. The van der Waals surface area contributed by atoms with Crippen LogP contribution in [0.2, 0.25) is 0 Å². The fourth-order valence-corrected chi connectivity index (χ4v) is 10.2. The number of methoxy groups -OCH3 is 2. The van der Waals surface area contributed by atoms with Crippen LogP contribution in [0.25, 0.3) is 33.4 Å². The molecule has 4 aromatic rings. The smallest absolute Gasteiger partial charge is 0.295 e. The van der Waals surface area contributed by atoms with E-state index in [1.54, 1.807) is 69.3 Å². The fraction of sp³-hybridized carbons (Fsp3) is 0.205. The largest absolute Gasteiger partial charge is 0.496 e. The molecule has 0 bridgehead atoms. The quantitative estimate of drug-likeness (QED) is 0.0809. The number of anilines is 2. The summed E-state index contributed by atoms with van der Waals surface area (Å²) in [6.45, 7) is 9.55. The van der Waals surface area contributed by atoms with Crippen LogP contribution in [0.15, 0.2) is 84.8 Å². The van der Waals surface area contributed by atoms with Gasteiger partial charge in [-0.15, -0.1) is 0 Å². The second kappa shape index (κ2) is 14.3. The van der Waals surface area contributed by atoms with E-state index < -0.39 is 30.4 Å². The maximum absolute atomic E-state index is 12.7. The van der Waals surface area contributed by atoms with Gasteiger partial charge in [0.1, 0.15) is 37.5 Å². The van der Waals surface area contributed by atoms with Gasteiger partial charge in [0.05, 0.1) is 25.3 Å². The minimum Gasteiger partial charge on any atom is -0.496 e. The number of hydrogen-bond donors (Lipinski definition) is 4. The van der Waals surface area contributed by atoms with E-state index in [4.69, 9.17) is 18.9 Å². The van der Waals surface area contributed by atoms with Gasteiger partial charge in [-0.25, -0.2) is 4.99 Å². The highest BCUT2D eigenvalue weighted by atomic mass is 32.2. The van der Waals surface area contributed by atoms with E-state index in [0.29, 0.717) is 44.4 Å². The Bertz CT molecular complexity index is 3010. The number of benzene rings is 5. The number of nitrogens with one attached hydrogen (secondary N) is 1. The Morgan fingerprint density at radius 3 is 1.80 bits per heavy atom. The maximum atomic E-state index is 12.7. The first-order valence-electron chi connectivity index (χ1n) is 16.8. The Morgan fingerprint density at radius 1 is 0.625 bits per heavy atom. The van der Waals surface area contributed by atoms with Crippen molar-refractivity contribution >= 4 is 58.4 Å². The molecule has 6 rings (SSSR count). The predicted octanol–water partition coefficient (Wildman–Crippen LogP) is 7.79. The number of rotatable bonds is 9. The molecular weight excluding hydrogens is 785 g/mol. The normalized spacial score (nSPS) is 12.7. The van der Waals surface area contributed by atoms with Gasteiger partial charge in [0.15, 0.2) is 0 Å². The van der Waals surface area contributed by atoms with E-state index in [1.165, 1.54) is 47.1 Å². The molecule has 0 atom stereocenters. The Morgan fingerprint density at radius 2 is 1.21 bits per heavy atom. The third-order valence-electron chi connectivity index (χ3n) is 9.76. The lowest BCUT2D eigenvalue weighted by Crippen LogP contribution is -2.10. The highest BCUT2D eigenvalue weighted by Gasteiger charge is 2.28. The van der Waals surface area contributed by atoms with Gasteiger partial charge in [-0.1, -0.05) is 18.2 Å². The molecular formula is C39H38N2O12S3. The van der Waals surface area contributed by atoms with Gasteiger partial charge in [-0.3, -0.25) is 13.7 Å². The van der Waals surface area contributed by atoms with Gasteiger partial charge >= 0.3 is 0 Å². The van der Waals surface area contributed by atoms with Crippen molar-refractivity contribution in [2.24, 2.45) is 4.99 Å². The van der Waals surface area contributed by atoms with Crippen LogP contribution in [0, 0.1) is 41.5 Å². The van der Waals surface area contributed by atoms with Crippen LogP contribution in [0.5, 0.6) is 11.5 Å². The molecule has 0 aromatic heterocycles. The van der Waals surface area contributed by atoms with Gasteiger partial charge in [0, 0.05) is 67.8 Å². The highest BCUT2D eigenvalue weighted by molar-refractivity contribution is 7.86. The average Bonchev–Trinajstić information content (AvgIpc) is 3.09. The monoisotopic (exact) mass is 822 g/mol. The van der Waals surface area contributed by atoms with Crippen LogP contribution in [0.4, 0.5) is 17.1 Å². The SMILES string of the molecule is COc1c(C)c(N=c2ccc3c(-c4ccccc4S(=O)(=O)O)c4ccc(Nc5c(C)c(OC)c(C)c(S(=O)(=O)O)c5C)cc4oc-3c2)c(C)c(S(=O)(=O)O)c1C. The van der Waals surface area contributed by atoms with Crippen LogP contribution in [-0.2, 0) is 30.4 Å². The molecule has 0 saturated carbocycles. The number of hydrogen-bond acceptors (Lipinski definition) is 11. The summed E-state index contributed by atoms with van der Waals surface area (Å²) in [5.41, 5.74) is 4.21. The molecule has 0 saturated heterocycles. The second-order valence-electron chi connectivity index (χ2n) is 13.2. The summed E-state index contributed by atoms with van der Waals surface area (Å²) in [5, 5.41) is 3.98. The summed E-state index contributed by atoms with van der Waals surface area (Å²) in [4.78, 5) is 3.76. The summed E-state index contributed by atoms with van der Waals surface area (Å²) < 4.78 is 123. The first-order chi connectivity index (χ1) is 26.1. The molecule has 4 N–H and O–H groups in total. The van der Waals surface area contributed by atoms with Crippen molar-refractivity contribution in [1.29, 1.82) is 0 Å². The molecule has 2 aliphatic rings. The van der Waals surface area contributed by atoms with Crippen molar-refractivity contribution in [3.8, 4) is 33.9 Å². The van der Waals surface area contributed by atoms with Crippen molar-refractivity contribution in [2.45, 2.75) is 56.2 Å². The predicted molar refractivity (Wildman–Crippen MR) is 211 cm³/mol. The van der Waals surface area contributed by atoms with Crippen molar-refractivity contribution < 1.29 is 52.8 Å². The van der Waals surface area contributed by atoms with Crippen molar-refractivity contribution in [3.05, 3.63) is 99.4 Å². The van der Waals surface area contributed by atoms with Crippen LogP contribution in [0.1, 0.15) is 33.4 Å². The summed E-state index contributed by atoms with van der Waals surface area (Å²) in [6, 6.07) is 15.7. The van der Waals surface area contributed by atoms with Crippen LogP contribution < -0.4 is 20.1 Å². The molecule has 56 heavy (non-hydrogen) atoms. The van der Waals surface area contributed by atoms with E-state index in [-0.39, 0.29) is 71.0 Å². The summed E-state index contributed by atoms with van der Waals surface area (Å²) in [5.74, 6) is 0.698. The van der Waals surface area contributed by atoms with E-state index in [0.717, 1.165) is 0 Å².